The molecular formula is C11H13BrN2O2. The van der Waals surface area contributed by atoms with Crippen LogP contribution in [0, 0.1) is 6.92 Å². The molecule has 2 aromatic rings. The fourth-order valence-electron chi connectivity index (χ4n) is 1.67. The molecule has 0 bridgehead atoms. The van der Waals surface area contributed by atoms with Gasteiger partial charge in [-0.15, -0.1) is 0 Å². The lowest BCUT2D eigenvalue weighted by atomic mass is 10.1. The molecule has 0 aliphatic carbocycles. The van der Waals surface area contributed by atoms with Crippen molar-refractivity contribution in [3.63, 3.8) is 0 Å². The van der Waals surface area contributed by atoms with Crippen LogP contribution >= 0.6 is 15.9 Å². The molecule has 1 atom stereocenters. The number of hydrogen-bond donors (Lipinski definition) is 1. The van der Waals surface area contributed by atoms with Gasteiger partial charge in [-0.3, -0.25) is 4.68 Å². The van der Waals surface area contributed by atoms with Gasteiger partial charge in [0.25, 0.3) is 0 Å². The Balaban J connectivity index is 2.21. The number of aromatic nitrogens is 2. The average molecular weight is 285 g/mol. The fourth-order valence-corrected chi connectivity index (χ4v) is 2.16. The highest BCUT2D eigenvalue weighted by atomic mass is 79.9. The van der Waals surface area contributed by atoms with E-state index in [1.807, 2.05) is 14.0 Å². The van der Waals surface area contributed by atoms with E-state index in [4.69, 9.17) is 4.42 Å². The second-order valence-corrected chi connectivity index (χ2v) is 4.50. The van der Waals surface area contributed by atoms with Crippen molar-refractivity contribution >= 4 is 15.9 Å². The van der Waals surface area contributed by atoms with Gasteiger partial charge in [-0.1, -0.05) is 0 Å². The Morgan fingerprint density at radius 3 is 2.88 bits per heavy atom. The SMILES string of the molecule is Cc1nn(C)c(CC(O)c2ccco2)c1Br. The Morgan fingerprint density at radius 1 is 1.62 bits per heavy atom. The number of rotatable bonds is 3. The number of furan rings is 1. The highest BCUT2D eigenvalue weighted by molar-refractivity contribution is 9.10. The summed E-state index contributed by atoms with van der Waals surface area (Å²) < 4.78 is 7.87. The molecule has 0 aliphatic rings. The van der Waals surface area contributed by atoms with Crippen LogP contribution in [0.5, 0.6) is 0 Å². The third-order valence-electron chi connectivity index (χ3n) is 2.52. The van der Waals surface area contributed by atoms with E-state index in [-0.39, 0.29) is 0 Å². The molecule has 0 amide bonds. The van der Waals surface area contributed by atoms with Crippen LogP contribution in [0.2, 0.25) is 0 Å². The Bertz CT molecular complexity index is 476. The number of aliphatic hydroxyl groups excluding tert-OH is 1. The highest BCUT2D eigenvalue weighted by Gasteiger charge is 2.17. The van der Waals surface area contributed by atoms with Crippen LogP contribution in [0.4, 0.5) is 0 Å². The first-order chi connectivity index (χ1) is 7.59. The van der Waals surface area contributed by atoms with Gasteiger partial charge in [-0.25, -0.2) is 0 Å². The fraction of sp³-hybridized carbons (Fsp3) is 0.364. The Labute approximate surface area is 102 Å². The third-order valence-corrected chi connectivity index (χ3v) is 3.55. The number of halogens is 1. The normalized spacial score (nSPS) is 13.0. The molecule has 86 valence electrons. The summed E-state index contributed by atoms with van der Waals surface area (Å²) in [7, 11) is 1.86. The lowest BCUT2D eigenvalue weighted by molar-refractivity contribution is 0.147. The quantitative estimate of drug-likeness (QED) is 0.941. The van der Waals surface area contributed by atoms with Crippen LogP contribution < -0.4 is 0 Å². The van der Waals surface area contributed by atoms with Crippen LogP contribution in [0.25, 0.3) is 0 Å². The summed E-state index contributed by atoms with van der Waals surface area (Å²) in [5.41, 5.74) is 1.88. The van der Waals surface area contributed by atoms with Crippen molar-refractivity contribution in [3.05, 3.63) is 40.0 Å². The molecule has 5 heteroatoms. The molecule has 0 radical (unpaired) electrons. The molecular weight excluding hydrogens is 272 g/mol. The van der Waals surface area contributed by atoms with Crippen LogP contribution in [0.1, 0.15) is 23.3 Å². The van der Waals surface area contributed by atoms with Crippen molar-refractivity contribution in [2.45, 2.75) is 19.4 Å². The molecule has 2 aromatic heterocycles. The van der Waals surface area contributed by atoms with E-state index in [1.165, 1.54) is 0 Å². The highest BCUT2D eigenvalue weighted by Crippen LogP contribution is 2.25. The first-order valence-electron chi connectivity index (χ1n) is 4.99. The van der Waals surface area contributed by atoms with E-state index in [9.17, 15) is 5.11 Å². The van der Waals surface area contributed by atoms with Crippen LogP contribution in [-0.2, 0) is 13.5 Å². The summed E-state index contributed by atoms with van der Waals surface area (Å²) in [5, 5.41) is 14.2. The van der Waals surface area contributed by atoms with Crippen molar-refractivity contribution in [3.8, 4) is 0 Å². The predicted molar refractivity (Wildman–Crippen MR) is 63.0 cm³/mol. The van der Waals surface area contributed by atoms with Gasteiger partial charge in [-0.05, 0) is 35.0 Å². The number of aryl methyl sites for hydroxylation is 2. The third kappa shape index (κ3) is 2.05. The average Bonchev–Trinajstić information content (AvgIpc) is 2.83. The molecule has 0 saturated heterocycles. The van der Waals surface area contributed by atoms with Crippen LogP contribution in [-0.4, -0.2) is 14.9 Å². The number of hydrogen-bond acceptors (Lipinski definition) is 3. The van der Waals surface area contributed by atoms with Crippen LogP contribution in [0.15, 0.2) is 27.3 Å². The molecule has 1 N–H and O–H groups in total. The molecule has 16 heavy (non-hydrogen) atoms. The summed E-state index contributed by atoms with van der Waals surface area (Å²) in [6, 6.07) is 3.53. The summed E-state index contributed by atoms with van der Waals surface area (Å²) in [4.78, 5) is 0. The van der Waals surface area contributed by atoms with Gasteiger partial charge >= 0.3 is 0 Å². The monoisotopic (exact) mass is 284 g/mol. The number of aliphatic hydroxyl groups is 1. The summed E-state index contributed by atoms with van der Waals surface area (Å²) in [5.74, 6) is 0.575. The van der Waals surface area contributed by atoms with Gasteiger partial charge in [-0.2, -0.15) is 5.10 Å². The van der Waals surface area contributed by atoms with E-state index in [0.717, 1.165) is 15.9 Å². The molecule has 1 unspecified atom stereocenters. The van der Waals surface area contributed by atoms with Gasteiger partial charge in [0, 0.05) is 13.5 Å². The van der Waals surface area contributed by atoms with Gasteiger partial charge in [0.05, 0.1) is 22.1 Å². The van der Waals surface area contributed by atoms with Crippen LogP contribution in [0.3, 0.4) is 0 Å². The van der Waals surface area contributed by atoms with Crippen molar-refractivity contribution in [2.75, 3.05) is 0 Å². The molecule has 0 spiro atoms. The van der Waals surface area contributed by atoms with E-state index in [1.54, 1.807) is 23.1 Å². The zero-order chi connectivity index (χ0) is 11.7. The predicted octanol–water partition coefficient (Wildman–Crippen LogP) is 2.36. The molecule has 0 aromatic carbocycles. The molecule has 4 nitrogen and oxygen atoms in total. The van der Waals surface area contributed by atoms with Crippen molar-refractivity contribution in [1.82, 2.24) is 9.78 Å². The minimum absolute atomic E-state index is 0.478. The van der Waals surface area contributed by atoms with Gasteiger partial charge in [0.2, 0.25) is 0 Å². The molecule has 0 saturated carbocycles. The minimum atomic E-state index is -0.638. The van der Waals surface area contributed by atoms with Crippen molar-refractivity contribution in [1.29, 1.82) is 0 Å². The second kappa shape index (κ2) is 4.43. The standard InChI is InChI=1S/C11H13BrN2O2/c1-7-11(12)8(14(2)13-7)6-9(15)10-4-3-5-16-10/h3-5,9,15H,6H2,1-2H3. The molecule has 0 fully saturated rings. The topological polar surface area (TPSA) is 51.2 Å². The van der Waals surface area contributed by atoms with E-state index < -0.39 is 6.10 Å². The summed E-state index contributed by atoms with van der Waals surface area (Å²) in [6.45, 7) is 1.92. The Morgan fingerprint density at radius 2 is 2.38 bits per heavy atom. The van der Waals surface area contributed by atoms with E-state index in [2.05, 4.69) is 21.0 Å². The smallest absolute Gasteiger partial charge is 0.132 e. The summed E-state index contributed by atoms with van der Waals surface area (Å²) >= 11 is 3.47. The molecule has 0 aliphatic heterocycles. The summed E-state index contributed by atoms with van der Waals surface area (Å²) in [6.07, 6.45) is 1.40. The van der Waals surface area contributed by atoms with E-state index >= 15 is 0 Å². The second-order valence-electron chi connectivity index (χ2n) is 3.71. The van der Waals surface area contributed by atoms with E-state index in [0.29, 0.717) is 12.2 Å². The molecule has 2 rings (SSSR count). The van der Waals surface area contributed by atoms with Gasteiger partial charge < -0.3 is 9.52 Å². The largest absolute Gasteiger partial charge is 0.467 e. The zero-order valence-electron chi connectivity index (χ0n) is 9.14. The minimum Gasteiger partial charge on any atom is -0.467 e. The maximum absolute atomic E-state index is 9.97. The van der Waals surface area contributed by atoms with Gasteiger partial charge in [0.1, 0.15) is 11.9 Å². The lowest BCUT2D eigenvalue weighted by Crippen LogP contribution is -2.06. The van der Waals surface area contributed by atoms with Gasteiger partial charge in [0.15, 0.2) is 0 Å². The maximum Gasteiger partial charge on any atom is 0.132 e. The maximum atomic E-state index is 9.97. The zero-order valence-corrected chi connectivity index (χ0v) is 10.7. The lowest BCUT2D eigenvalue weighted by Gasteiger charge is -2.08. The Kier molecular flexibility index (Phi) is 3.16. The molecule has 2 heterocycles. The van der Waals surface area contributed by atoms with Crippen molar-refractivity contribution < 1.29 is 9.52 Å². The van der Waals surface area contributed by atoms with Crippen molar-refractivity contribution in [2.24, 2.45) is 7.05 Å². The Hall–Kier alpha value is -1.07. The first kappa shape index (κ1) is 11.4. The first-order valence-corrected chi connectivity index (χ1v) is 5.78. The number of nitrogens with zero attached hydrogens (tertiary/aromatic N) is 2.